The van der Waals surface area contributed by atoms with E-state index in [0.717, 1.165) is 44.3 Å². The molecule has 1 aromatic carbocycles. The highest BCUT2D eigenvalue weighted by Gasteiger charge is 2.32. The van der Waals surface area contributed by atoms with Gasteiger partial charge in [-0.15, -0.1) is 0 Å². The molecule has 2 aliphatic carbocycles. The molecule has 0 unspecified atom stereocenters. The number of rotatable bonds is 6. The Labute approximate surface area is 126 Å². The molecule has 1 fully saturated rings. The molecule has 2 amide bonds. The van der Waals surface area contributed by atoms with Gasteiger partial charge in [0.15, 0.2) is 0 Å². The molecule has 4 nitrogen and oxygen atoms in total. The number of nitrogens with zero attached hydrogens (tertiary/aromatic N) is 1. The first-order valence-electron chi connectivity index (χ1n) is 8.08. The van der Waals surface area contributed by atoms with Gasteiger partial charge in [0.05, 0.1) is 0 Å². The van der Waals surface area contributed by atoms with E-state index in [1.165, 1.54) is 24.0 Å². The molecule has 0 atom stereocenters. The number of carbonyl (C=O) groups excluding carboxylic acids is 1. The average Bonchev–Trinajstić information content (AvgIpc) is 3.20. The summed E-state index contributed by atoms with van der Waals surface area (Å²) in [6.07, 6.45) is 7.36. The average molecular weight is 288 g/mol. The van der Waals surface area contributed by atoms with Crippen molar-refractivity contribution >= 4 is 11.7 Å². The van der Waals surface area contributed by atoms with Crippen LogP contribution in [0.25, 0.3) is 0 Å². The van der Waals surface area contributed by atoms with Crippen molar-refractivity contribution in [1.29, 1.82) is 0 Å². The van der Waals surface area contributed by atoms with Crippen molar-refractivity contribution in [3.63, 3.8) is 0 Å². The first kappa shape index (κ1) is 14.4. The highest BCUT2D eigenvalue weighted by atomic mass is 16.3. The van der Waals surface area contributed by atoms with Crippen LogP contribution in [0.4, 0.5) is 10.5 Å². The first-order chi connectivity index (χ1) is 10.3. The minimum atomic E-state index is 0.00777. The van der Waals surface area contributed by atoms with E-state index in [0.29, 0.717) is 6.04 Å². The van der Waals surface area contributed by atoms with Crippen LogP contribution < -0.4 is 5.32 Å². The normalized spacial score (nSPS) is 16.6. The summed E-state index contributed by atoms with van der Waals surface area (Å²) in [6, 6.07) is 6.69. The molecule has 3 rings (SSSR count). The zero-order valence-corrected chi connectivity index (χ0v) is 12.5. The molecule has 21 heavy (non-hydrogen) atoms. The summed E-state index contributed by atoms with van der Waals surface area (Å²) in [5, 5.41) is 11.9. The summed E-state index contributed by atoms with van der Waals surface area (Å²) in [7, 11) is 0. The van der Waals surface area contributed by atoms with Gasteiger partial charge in [-0.1, -0.05) is 6.07 Å². The van der Waals surface area contributed by atoms with Crippen LogP contribution in [-0.2, 0) is 12.8 Å². The predicted octanol–water partition coefficient (Wildman–Crippen LogP) is 2.94. The summed E-state index contributed by atoms with van der Waals surface area (Å²) in [4.78, 5) is 14.4. The Kier molecular flexibility index (Phi) is 4.44. The second kappa shape index (κ2) is 6.48. The zero-order valence-electron chi connectivity index (χ0n) is 12.5. The summed E-state index contributed by atoms with van der Waals surface area (Å²) in [5.41, 5.74) is 3.72. The Morgan fingerprint density at radius 1 is 1.24 bits per heavy atom. The maximum absolute atomic E-state index is 12.4. The molecule has 0 aliphatic heterocycles. The lowest BCUT2D eigenvalue weighted by Gasteiger charge is -2.23. The predicted molar refractivity (Wildman–Crippen MR) is 83.5 cm³/mol. The third-order valence-electron chi connectivity index (χ3n) is 4.41. The number of hydrogen-bond acceptors (Lipinski definition) is 2. The van der Waals surface area contributed by atoms with Gasteiger partial charge in [0.25, 0.3) is 0 Å². The van der Waals surface area contributed by atoms with E-state index in [9.17, 15) is 4.79 Å². The molecule has 0 saturated heterocycles. The SMILES string of the molecule is O=C(Nc1ccc2c(c1)CCC2)N(CCCCO)C1CC1. The van der Waals surface area contributed by atoms with Gasteiger partial charge in [-0.3, -0.25) is 0 Å². The van der Waals surface area contributed by atoms with Gasteiger partial charge in [0.2, 0.25) is 0 Å². The second-order valence-electron chi connectivity index (χ2n) is 6.12. The van der Waals surface area contributed by atoms with Crippen molar-refractivity contribution in [2.45, 2.75) is 51.0 Å². The molecular formula is C17H24N2O2. The minimum Gasteiger partial charge on any atom is -0.396 e. The molecule has 2 N–H and O–H groups in total. The molecular weight excluding hydrogens is 264 g/mol. The standard InChI is InChI=1S/C17H24N2O2/c20-11-2-1-10-19(16-8-9-16)17(21)18-15-7-6-13-4-3-5-14(13)12-15/h6-7,12,16,20H,1-5,8-11H2,(H,18,21). The fourth-order valence-electron chi connectivity index (χ4n) is 3.07. The van der Waals surface area contributed by atoms with E-state index in [2.05, 4.69) is 17.4 Å². The molecule has 1 aromatic rings. The van der Waals surface area contributed by atoms with E-state index in [1.807, 2.05) is 11.0 Å². The van der Waals surface area contributed by atoms with E-state index in [4.69, 9.17) is 5.11 Å². The van der Waals surface area contributed by atoms with Gasteiger partial charge in [-0.25, -0.2) is 4.79 Å². The third kappa shape index (κ3) is 3.56. The number of hydrogen-bond donors (Lipinski definition) is 2. The van der Waals surface area contributed by atoms with E-state index < -0.39 is 0 Å². The van der Waals surface area contributed by atoms with E-state index in [-0.39, 0.29) is 12.6 Å². The van der Waals surface area contributed by atoms with Crippen LogP contribution in [0.3, 0.4) is 0 Å². The number of aliphatic hydroxyl groups excluding tert-OH is 1. The number of nitrogens with one attached hydrogen (secondary N) is 1. The van der Waals surface area contributed by atoms with Crippen molar-refractivity contribution in [2.75, 3.05) is 18.5 Å². The number of anilines is 1. The summed E-state index contributed by atoms with van der Waals surface area (Å²) in [6.45, 7) is 0.937. The lowest BCUT2D eigenvalue weighted by molar-refractivity contribution is 0.204. The molecule has 0 bridgehead atoms. The number of aryl methyl sites for hydroxylation is 2. The Balaban J connectivity index is 1.61. The Bertz CT molecular complexity index is 512. The van der Waals surface area contributed by atoms with Crippen LogP contribution in [0.2, 0.25) is 0 Å². The van der Waals surface area contributed by atoms with Gasteiger partial charge in [0, 0.05) is 24.9 Å². The molecule has 0 aromatic heterocycles. The van der Waals surface area contributed by atoms with Crippen LogP contribution in [0.15, 0.2) is 18.2 Å². The maximum Gasteiger partial charge on any atom is 0.322 e. The summed E-state index contributed by atoms with van der Waals surface area (Å²) >= 11 is 0. The van der Waals surface area contributed by atoms with Gasteiger partial charge in [-0.2, -0.15) is 0 Å². The molecule has 0 radical (unpaired) electrons. The van der Waals surface area contributed by atoms with Crippen molar-refractivity contribution in [3.8, 4) is 0 Å². The molecule has 1 saturated carbocycles. The highest BCUT2D eigenvalue weighted by Crippen LogP contribution is 2.29. The van der Waals surface area contributed by atoms with Crippen LogP contribution in [-0.4, -0.2) is 35.2 Å². The fraction of sp³-hybridized carbons (Fsp3) is 0.588. The molecule has 4 heteroatoms. The second-order valence-corrected chi connectivity index (χ2v) is 6.12. The van der Waals surface area contributed by atoms with Gasteiger partial charge in [0.1, 0.15) is 0 Å². The lowest BCUT2D eigenvalue weighted by atomic mass is 10.1. The number of urea groups is 1. The monoisotopic (exact) mass is 288 g/mol. The van der Waals surface area contributed by atoms with Gasteiger partial charge >= 0.3 is 6.03 Å². The topological polar surface area (TPSA) is 52.6 Å². The molecule has 0 spiro atoms. The van der Waals surface area contributed by atoms with Crippen LogP contribution in [0.5, 0.6) is 0 Å². The van der Waals surface area contributed by atoms with Gasteiger partial charge in [-0.05, 0) is 68.2 Å². The lowest BCUT2D eigenvalue weighted by Crippen LogP contribution is -2.37. The van der Waals surface area contributed by atoms with Crippen LogP contribution in [0, 0.1) is 0 Å². The Morgan fingerprint density at radius 3 is 2.81 bits per heavy atom. The maximum atomic E-state index is 12.4. The van der Waals surface area contributed by atoms with Crippen molar-refractivity contribution in [3.05, 3.63) is 29.3 Å². The quantitative estimate of drug-likeness (QED) is 0.791. The molecule has 114 valence electrons. The van der Waals surface area contributed by atoms with Crippen LogP contribution in [0.1, 0.15) is 43.2 Å². The Hall–Kier alpha value is -1.55. The van der Waals surface area contributed by atoms with E-state index in [1.54, 1.807) is 0 Å². The smallest absolute Gasteiger partial charge is 0.322 e. The van der Waals surface area contributed by atoms with Crippen molar-refractivity contribution in [2.24, 2.45) is 0 Å². The fourth-order valence-corrected chi connectivity index (χ4v) is 3.07. The summed E-state index contributed by atoms with van der Waals surface area (Å²) < 4.78 is 0. The van der Waals surface area contributed by atoms with Crippen LogP contribution >= 0.6 is 0 Å². The summed E-state index contributed by atoms with van der Waals surface area (Å²) in [5.74, 6) is 0. The van der Waals surface area contributed by atoms with Crippen molar-refractivity contribution in [1.82, 2.24) is 4.90 Å². The largest absolute Gasteiger partial charge is 0.396 e. The van der Waals surface area contributed by atoms with E-state index >= 15 is 0 Å². The number of fused-ring (bicyclic) bond motifs is 1. The Morgan fingerprint density at radius 2 is 2.05 bits per heavy atom. The molecule has 2 aliphatic rings. The van der Waals surface area contributed by atoms with Gasteiger partial charge < -0.3 is 15.3 Å². The number of carbonyl (C=O) groups is 1. The highest BCUT2D eigenvalue weighted by molar-refractivity contribution is 5.90. The minimum absolute atomic E-state index is 0.00777. The van der Waals surface area contributed by atoms with Crippen molar-refractivity contribution < 1.29 is 9.90 Å². The first-order valence-corrected chi connectivity index (χ1v) is 8.08. The number of aliphatic hydroxyl groups is 1. The number of unbranched alkanes of at least 4 members (excludes halogenated alkanes) is 1. The number of benzene rings is 1. The zero-order chi connectivity index (χ0) is 14.7. The molecule has 0 heterocycles. The number of amides is 2. The third-order valence-corrected chi connectivity index (χ3v) is 4.41.